The second-order valence-corrected chi connectivity index (χ2v) is 6.85. The van der Waals surface area contributed by atoms with E-state index in [1.54, 1.807) is 24.4 Å². The molecule has 25 heavy (non-hydrogen) atoms. The molecule has 0 bridgehead atoms. The van der Waals surface area contributed by atoms with Crippen LogP contribution >= 0.6 is 31.9 Å². The van der Waals surface area contributed by atoms with Gasteiger partial charge >= 0.3 is 0 Å². The van der Waals surface area contributed by atoms with E-state index in [-0.39, 0.29) is 23.7 Å². The van der Waals surface area contributed by atoms with Crippen LogP contribution in [-0.2, 0) is 6.54 Å². The Morgan fingerprint density at radius 2 is 2.08 bits per heavy atom. The zero-order valence-corrected chi connectivity index (χ0v) is 15.8. The molecule has 1 aromatic carbocycles. The molecule has 8 heteroatoms. The number of carbonyl (C=O) groups excluding carboxylic acids is 1. The van der Waals surface area contributed by atoms with Crippen molar-refractivity contribution in [1.82, 2.24) is 9.55 Å². The number of aromatic nitrogens is 2. The Kier molecular flexibility index (Phi) is 4.97. The van der Waals surface area contributed by atoms with Gasteiger partial charge in [-0.05, 0) is 40.2 Å². The Morgan fingerprint density at radius 1 is 1.28 bits per heavy atom. The Bertz CT molecular complexity index is 1050. The standard InChI is InChI=1S/C17H10Br2N4O2/c1-2-5-23-14-4-3-11(18)7-13(14)15(17(23)25)21-22-16(24)10-6-12(19)9-20-8-10/h1,3-4,6-9,25H,5H2. The average molecular weight is 462 g/mol. The molecule has 0 saturated carbocycles. The first-order valence-electron chi connectivity index (χ1n) is 7.02. The third-order valence-electron chi connectivity index (χ3n) is 3.41. The number of terminal acetylenes is 1. The minimum absolute atomic E-state index is 0.144. The van der Waals surface area contributed by atoms with E-state index >= 15 is 0 Å². The van der Waals surface area contributed by atoms with Gasteiger partial charge in [0.1, 0.15) is 0 Å². The Labute approximate surface area is 159 Å². The molecule has 0 fully saturated rings. The van der Waals surface area contributed by atoms with Crippen LogP contribution in [0.3, 0.4) is 0 Å². The summed E-state index contributed by atoms with van der Waals surface area (Å²) in [6.07, 6.45) is 8.31. The Hall–Kier alpha value is -2.50. The molecule has 3 aromatic rings. The number of benzene rings is 1. The van der Waals surface area contributed by atoms with E-state index in [4.69, 9.17) is 6.42 Å². The van der Waals surface area contributed by atoms with Crippen molar-refractivity contribution in [3.8, 4) is 18.2 Å². The van der Waals surface area contributed by atoms with Gasteiger partial charge < -0.3 is 5.11 Å². The lowest BCUT2D eigenvalue weighted by Gasteiger charge is -2.00. The number of halogens is 2. The fourth-order valence-corrected chi connectivity index (χ4v) is 3.05. The number of amides is 1. The molecule has 0 aliphatic rings. The van der Waals surface area contributed by atoms with Crippen LogP contribution in [0.2, 0.25) is 0 Å². The third kappa shape index (κ3) is 3.48. The molecule has 2 heterocycles. The molecule has 1 amide bonds. The fourth-order valence-electron chi connectivity index (χ4n) is 2.33. The molecule has 6 nitrogen and oxygen atoms in total. The van der Waals surface area contributed by atoms with Crippen LogP contribution in [0.25, 0.3) is 10.9 Å². The number of hydrogen-bond acceptors (Lipinski definition) is 4. The van der Waals surface area contributed by atoms with Gasteiger partial charge in [-0.2, -0.15) is 0 Å². The molecule has 0 aliphatic heterocycles. The highest BCUT2D eigenvalue weighted by atomic mass is 79.9. The van der Waals surface area contributed by atoms with Crippen molar-refractivity contribution in [2.75, 3.05) is 0 Å². The first-order chi connectivity index (χ1) is 12.0. The smallest absolute Gasteiger partial charge is 0.297 e. The molecule has 0 atom stereocenters. The second kappa shape index (κ2) is 7.17. The van der Waals surface area contributed by atoms with Crippen LogP contribution < -0.4 is 0 Å². The largest absolute Gasteiger partial charge is 0.493 e. The Balaban J connectivity index is 2.06. The summed E-state index contributed by atoms with van der Waals surface area (Å²) in [7, 11) is 0. The molecule has 124 valence electrons. The molecular weight excluding hydrogens is 452 g/mol. The lowest BCUT2D eigenvalue weighted by molar-refractivity contribution is 0.0994. The molecule has 0 spiro atoms. The normalized spacial score (nSPS) is 11.1. The SMILES string of the molecule is C#CCn1c(O)c(N=NC(=O)c2cncc(Br)c2)c2cc(Br)ccc21. The first kappa shape index (κ1) is 17.3. The van der Waals surface area contributed by atoms with Crippen LogP contribution in [0.1, 0.15) is 10.4 Å². The molecule has 0 radical (unpaired) electrons. The lowest BCUT2D eigenvalue weighted by Crippen LogP contribution is -1.94. The van der Waals surface area contributed by atoms with Gasteiger partial charge in [0, 0.05) is 26.7 Å². The predicted octanol–water partition coefficient (Wildman–Crippen LogP) is 4.82. The maximum atomic E-state index is 12.2. The van der Waals surface area contributed by atoms with E-state index in [2.05, 4.69) is 53.0 Å². The van der Waals surface area contributed by atoms with Gasteiger partial charge in [0.15, 0.2) is 5.69 Å². The van der Waals surface area contributed by atoms with E-state index in [1.807, 2.05) is 6.07 Å². The number of rotatable bonds is 3. The van der Waals surface area contributed by atoms with Crippen molar-refractivity contribution in [3.63, 3.8) is 0 Å². The molecule has 0 unspecified atom stereocenters. The van der Waals surface area contributed by atoms with Crippen LogP contribution in [0.5, 0.6) is 5.88 Å². The molecule has 2 aromatic heterocycles. The van der Waals surface area contributed by atoms with Crippen LogP contribution in [-0.4, -0.2) is 20.6 Å². The van der Waals surface area contributed by atoms with E-state index in [0.29, 0.717) is 15.4 Å². The van der Waals surface area contributed by atoms with E-state index in [1.165, 1.54) is 10.8 Å². The van der Waals surface area contributed by atoms with Crippen molar-refractivity contribution >= 4 is 54.4 Å². The monoisotopic (exact) mass is 460 g/mol. The average Bonchev–Trinajstić information content (AvgIpc) is 2.84. The van der Waals surface area contributed by atoms with Gasteiger partial charge in [-0.1, -0.05) is 21.9 Å². The summed E-state index contributed by atoms with van der Waals surface area (Å²) in [6.45, 7) is 0.170. The number of pyridine rings is 1. The summed E-state index contributed by atoms with van der Waals surface area (Å²) in [6, 6.07) is 7.00. The first-order valence-corrected chi connectivity index (χ1v) is 8.60. The van der Waals surface area contributed by atoms with Crippen molar-refractivity contribution in [2.45, 2.75) is 6.54 Å². The minimum Gasteiger partial charge on any atom is -0.493 e. The van der Waals surface area contributed by atoms with Crippen molar-refractivity contribution in [1.29, 1.82) is 0 Å². The molecule has 3 rings (SSSR count). The van der Waals surface area contributed by atoms with E-state index < -0.39 is 5.91 Å². The number of carbonyl (C=O) groups is 1. The zero-order valence-electron chi connectivity index (χ0n) is 12.6. The zero-order chi connectivity index (χ0) is 18.0. The van der Waals surface area contributed by atoms with Gasteiger partial charge in [0.25, 0.3) is 5.91 Å². The van der Waals surface area contributed by atoms with Gasteiger partial charge in [0.05, 0.1) is 17.6 Å². The highest BCUT2D eigenvalue weighted by molar-refractivity contribution is 9.10. The molecule has 1 N–H and O–H groups in total. The third-order valence-corrected chi connectivity index (χ3v) is 4.34. The number of fused-ring (bicyclic) bond motifs is 1. The molecule has 0 saturated heterocycles. The highest BCUT2D eigenvalue weighted by Gasteiger charge is 2.17. The van der Waals surface area contributed by atoms with Gasteiger partial charge in [-0.15, -0.1) is 16.7 Å². The summed E-state index contributed by atoms with van der Waals surface area (Å²) in [5.41, 5.74) is 1.16. The number of aromatic hydroxyl groups is 1. The molecular formula is C17H10Br2N4O2. The van der Waals surface area contributed by atoms with Gasteiger partial charge in [0.2, 0.25) is 5.88 Å². The second-order valence-electron chi connectivity index (χ2n) is 5.02. The highest BCUT2D eigenvalue weighted by Crippen LogP contribution is 2.40. The molecule has 0 aliphatic carbocycles. The number of azo groups is 1. The predicted molar refractivity (Wildman–Crippen MR) is 101 cm³/mol. The van der Waals surface area contributed by atoms with Gasteiger partial charge in [-0.25, -0.2) is 0 Å². The summed E-state index contributed by atoms with van der Waals surface area (Å²) >= 11 is 6.63. The number of hydrogen-bond donors (Lipinski definition) is 1. The summed E-state index contributed by atoms with van der Waals surface area (Å²) in [4.78, 5) is 16.1. The summed E-state index contributed by atoms with van der Waals surface area (Å²) in [5, 5.41) is 18.7. The summed E-state index contributed by atoms with van der Waals surface area (Å²) < 4.78 is 2.99. The van der Waals surface area contributed by atoms with Crippen LogP contribution in [0.15, 0.2) is 55.8 Å². The summed E-state index contributed by atoms with van der Waals surface area (Å²) in [5.74, 6) is 1.77. The fraction of sp³-hybridized carbons (Fsp3) is 0.0588. The van der Waals surface area contributed by atoms with E-state index in [9.17, 15) is 9.90 Å². The van der Waals surface area contributed by atoms with E-state index in [0.717, 1.165) is 4.47 Å². The number of nitrogens with zero attached hydrogens (tertiary/aromatic N) is 4. The maximum Gasteiger partial charge on any atom is 0.297 e. The lowest BCUT2D eigenvalue weighted by atomic mass is 10.2. The Morgan fingerprint density at radius 3 is 2.80 bits per heavy atom. The van der Waals surface area contributed by atoms with Crippen LogP contribution in [0, 0.1) is 12.3 Å². The quantitative estimate of drug-likeness (QED) is 0.448. The maximum absolute atomic E-state index is 12.2. The van der Waals surface area contributed by atoms with Crippen molar-refractivity contribution in [2.24, 2.45) is 10.2 Å². The van der Waals surface area contributed by atoms with Crippen molar-refractivity contribution in [3.05, 3.63) is 51.2 Å². The van der Waals surface area contributed by atoms with Crippen LogP contribution in [0.4, 0.5) is 5.69 Å². The van der Waals surface area contributed by atoms with Gasteiger partial charge in [-0.3, -0.25) is 14.3 Å². The minimum atomic E-state index is -0.568. The van der Waals surface area contributed by atoms with Crippen molar-refractivity contribution < 1.29 is 9.90 Å². The topological polar surface area (TPSA) is 79.8 Å².